The van der Waals surface area contributed by atoms with Crippen LogP contribution in [0, 0.1) is 0 Å². The van der Waals surface area contributed by atoms with E-state index in [1.165, 1.54) is 6.42 Å². The number of benzene rings is 1. The van der Waals surface area contributed by atoms with Crippen LogP contribution in [0.25, 0.3) is 0 Å². The van der Waals surface area contributed by atoms with Gasteiger partial charge >= 0.3 is 6.09 Å². The Kier molecular flexibility index (Phi) is 5.86. The Morgan fingerprint density at radius 3 is 2.46 bits per heavy atom. The minimum absolute atomic E-state index is 0.0915. The van der Waals surface area contributed by atoms with Crippen LogP contribution < -0.4 is 5.32 Å². The van der Waals surface area contributed by atoms with Gasteiger partial charge in [0.2, 0.25) is 0 Å². The molecule has 0 saturated carbocycles. The lowest BCUT2D eigenvalue weighted by molar-refractivity contribution is 0.0522. The van der Waals surface area contributed by atoms with Gasteiger partial charge in [0.15, 0.2) is 0 Å². The maximum Gasteiger partial charge on any atom is 0.407 e. The number of piperidine rings is 1. The van der Waals surface area contributed by atoms with Crippen LogP contribution in [0.4, 0.5) is 4.79 Å². The molecular formula is C19H28N2O3. The van der Waals surface area contributed by atoms with E-state index in [0.717, 1.165) is 24.9 Å². The van der Waals surface area contributed by atoms with Crippen molar-refractivity contribution in [1.29, 1.82) is 0 Å². The molecular weight excluding hydrogens is 304 g/mol. The van der Waals surface area contributed by atoms with Crippen molar-refractivity contribution >= 4 is 12.0 Å². The summed E-state index contributed by atoms with van der Waals surface area (Å²) in [5, 5.41) is 2.72. The molecule has 5 heteroatoms. The molecule has 0 bridgehead atoms. The van der Waals surface area contributed by atoms with Gasteiger partial charge in [0, 0.05) is 24.7 Å². The average Bonchev–Trinajstić information content (AvgIpc) is 2.52. The van der Waals surface area contributed by atoms with Crippen molar-refractivity contribution in [2.45, 2.75) is 65.1 Å². The molecule has 1 heterocycles. The summed E-state index contributed by atoms with van der Waals surface area (Å²) in [6.45, 7) is 8.80. The molecule has 5 nitrogen and oxygen atoms in total. The van der Waals surface area contributed by atoms with E-state index in [4.69, 9.17) is 4.74 Å². The third-order valence-corrected chi connectivity index (χ3v) is 4.10. The van der Waals surface area contributed by atoms with Crippen molar-refractivity contribution in [1.82, 2.24) is 10.2 Å². The lowest BCUT2D eigenvalue weighted by Crippen LogP contribution is -2.42. The van der Waals surface area contributed by atoms with Crippen LogP contribution >= 0.6 is 0 Å². The predicted molar refractivity (Wildman–Crippen MR) is 93.9 cm³/mol. The first-order chi connectivity index (χ1) is 11.3. The second-order valence-corrected chi connectivity index (χ2v) is 7.40. The Hall–Kier alpha value is -2.04. The van der Waals surface area contributed by atoms with E-state index >= 15 is 0 Å². The molecule has 0 aliphatic carbocycles. The van der Waals surface area contributed by atoms with Gasteiger partial charge in [0.1, 0.15) is 5.60 Å². The van der Waals surface area contributed by atoms with Gasteiger partial charge < -0.3 is 15.0 Å². The maximum atomic E-state index is 12.6. The summed E-state index contributed by atoms with van der Waals surface area (Å²) in [5.41, 5.74) is 1.12. The largest absolute Gasteiger partial charge is 0.444 e. The molecule has 1 saturated heterocycles. The van der Waals surface area contributed by atoms with Crippen molar-refractivity contribution in [2.75, 3.05) is 6.54 Å². The highest BCUT2D eigenvalue weighted by Gasteiger charge is 2.24. The summed E-state index contributed by atoms with van der Waals surface area (Å²) in [4.78, 5) is 26.2. The van der Waals surface area contributed by atoms with E-state index in [9.17, 15) is 9.59 Å². The lowest BCUT2D eigenvalue weighted by atomic mass is 10.0. The minimum atomic E-state index is -0.508. The fourth-order valence-electron chi connectivity index (χ4n) is 2.82. The zero-order valence-corrected chi connectivity index (χ0v) is 15.1. The Balaban J connectivity index is 1.90. The molecule has 1 atom stereocenters. The monoisotopic (exact) mass is 332 g/mol. The third-order valence-electron chi connectivity index (χ3n) is 4.10. The molecule has 0 radical (unpaired) electrons. The van der Waals surface area contributed by atoms with Crippen LogP contribution in [-0.4, -0.2) is 35.1 Å². The Morgan fingerprint density at radius 1 is 1.21 bits per heavy atom. The van der Waals surface area contributed by atoms with Gasteiger partial charge in [-0.15, -0.1) is 0 Å². The maximum absolute atomic E-state index is 12.6. The molecule has 2 rings (SSSR count). The predicted octanol–water partition coefficient (Wildman–Crippen LogP) is 3.73. The van der Waals surface area contributed by atoms with E-state index in [1.807, 2.05) is 49.9 Å². The second-order valence-electron chi connectivity index (χ2n) is 7.40. The number of rotatable bonds is 3. The summed E-state index contributed by atoms with van der Waals surface area (Å²) < 4.78 is 5.20. The summed E-state index contributed by atoms with van der Waals surface area (Å²) in [7, 11) is 0. The molecule has 1 aromatic carbocycles. The Labute approximate surface area is 144 Å². The van der Waals surface area contributed by atoms with E-state index in [2.05, 4.69) is 12.2 Å². The number of carbonyl (C=O) groups is 2. The van der Waals surface area contributed by atoms with Gasteiger partial charge in [-0.1, -0.05) is 12.1 Å². The fourth-order valence-corrected chi connectivity index (χ4v) is 2.82. The number of hydrogen-bond acceptors (Lipinski definition) is 3. The molecule has 0 spiro atoms. The molecule has 1 N–H and O–H groups in total. The Morgan fingerprint density at radius 2 is 1.88 bits per heavy atom. The number of likely N-dealkylation sites (tertiary alicyclic amines) is 1. The zero-order chi connectivity index (χ0) is 17.7. The molecule has 1 aromatic rings. The van der Waals surface area contributed by atoms with Crippen molar-refractivity contribution in [3.63, 3.8) is 0 Å². The van der Waals surface area contributed by atoms with Crippen LogP contribution in [-0.2, 0) is 11.3 Å². The quantitative estimate of drug-likeness (QED) is 0.917. The van der Waals surface area contributed by atoms with Gasteiger partial charge in [0.05, 0.1) is 0 Å². The van der Waals surface area contributed by atoms with Gasteiger partial charge in [-0.2, -0.15) is 0 Å². The van der Waals surface area contributed by atoms with Crippen LogP contribution in [0.1, 0.15) is 62.9 Å². The number of nitrogens with one attached hydrogen (secondary N) is 1. The summed E-state index contributed by atoms with van der Waals surface area (Å²) >= 11 is 0. The zero-order valence-electron chi connectivity index (χ0n) is 15.1. The fraction of sp³-hybridized carbons (Fsp3) is 0.579. The third kappa shape index (κ3) is 5.25. The molecule has 24 heavy (non-hydrogen) atoms. The molecule has 1 aliphatic rings. The summed E-state index contributed by atoms with van der Waals surface area (Å²) in [6.07, 6.45) is 2.91. The van der Waals surface area contributed by atoms with Crippen LogP contribution in [0.3, 0.4) is 0 Å². The minimum Gasteiger partial charge on any atom is -0.444 e. The summed E-state index contributed by atoms with van der Waals surface area (Å²) in [6, 6.07) is 7.71. The van der Waals surface area contributed by atoms with Crippen molar-refractivity contribution in [2.24, 2.45) is 0 Å². The smallest absolute Gasteiger partial charge is 0.407 e. The molecule has 132 valence electrons. The van der Waals surface area contributed by atoms with E-state index < -0.39 is 11.7 Å². The molecule has 2 amide bonds. The first kappa shape index (κ1) is 18.3. The topological polar surface area (TPSA) is 58.6 Å². The number of hydrogen-bond donors (Lipinski definition) is 1. The van der Waals surface area contributed by atoms with Crippen LogP contribution in [0.2, 0.25) is 0 Å². The van der Waals surface area contributed by atoms with E-state index in [0.29, 0.717) is 18.2 Å². The van der Waals surface area contributed by atoms with E-state index in [-0.39, 0.29) is 5.91 Å². The van der Waals surface area contributed by atoms with Gasteiger partial charge in [-0.3, -0.25) is 4.79 Å². The average molecular weight is 332 g/mol. The molecule has 0 aromatic heterocycles. The highest BCUT2D eigenvalue weighted by Crippen LogP contribution is 2.19. The van der Waals surface area contributed by atoms with E-state index in [1.54, 1.807) is 0 Å². The number of carbonyl (C=O) groups excluding carboxylic acids is 2. The lowest BCUT2D eigenvalue weighted by Gasteiger charge is -2.33. The molecule has 1 unspecified atom stereocenters. The standard InChI is InChI=1S/C19H28N2O3/c1-14-7-5-6-12-21(14)17(22)16-10-8-15(9-11-16)13-20-18(23)24-19(2,3)4/h8-11,14H,5-7,12-13H2,1-4H3,(H,20,23). The van der Waals surface area contributed by atoms with Crippen LogP contribution in [0.15, 0.2) is 24.3 Å². The number of ether oxygens (including phenoxy) is 1. The van der Waals surface area contributed by atoms with Gasteiger partial charge in [0.25, 0.3) is 5.91 Å². The summed E-state index contributed by atoms with van der Waals surface area (Å²) in [5.74, 6) is 0.0915. The second kappa shape index (κ2) is 7.69. The van der Waals surface area contributed by atoms with Crippen molar-refractivity contribution < 1.29 is 14.3 Å². The van der Waals surface area contributed by atoms with Gasteiger partial charge in [-0.05, 0) is 64.7 Å². The molecule has 1 fully saturated rings. The van der Waals surface area contributed by atoms with Crippen LogP contribution in [0.5, 0.6) is 0 Å². The number of amides is 2. The number of alkyl carbamates (subject to hydrolysis) is 1. The SMILES string of the molecule is CC1CCCCN1C(=O)c1ccc(CNC(=O)OC(C)(C)C)cc1. The van der Waals surface area contributed by atoms with Gasteiger partial charge in [-0.25, -0.2) is 4.79 Å². The van der Waals surface area contributed by atoms with Crippen molar-refractivity contribution in [3.05, 3.63) is 35.4 Å². The highest BCUT2D eigenvalue weighted by molar-refractivity contribution is 5.94. The Bertz CT molecular complexity index is 575. The normalized spacial score (nSPS) is 18.2. The van der Waals surface area contributed by atoms with Crippen molar-refractivity contribution in [3.8, 4) is 0 Å². The molecule has 1 aliphatic heterocycles. The first-order valence-corrected chi connectivity index (χ1v) is 8.63. The highest BCUT2D eigenvalue weighted by atomic mass is 16.6. The first-order valence-electron chi connectivity index (χ1n) is 8.63. The number of nitrogens with zero attached hydrogens (tertiary/aromatic N) is 1.